The first kappa shape index (κ1) is 8.66. The summed E-state index contributed by atoms with van der Waals surface area (Å²) in [6.45, 7) is 4.16. The van der Waals surface area contributed by atoms with Crippen LogP contribution in [0.1, 0.15) is 0 Å². The monoisotopic (exact) mass is 183 g/mol. The van der Waals surface area contributed by atoms with Crippen molar-refractivity contribution in [1.82, 2.24) is 20.5 Å². The normalized spacial score (nSPS) is 9.00. The Kier molecular flexibility index (Phi) is 3.21. The van der Waals surface area contributed by atoms with Crippen molar-refractivity contribution in [1.29, 1.82) is 0 Å². The Bertz CT molecular complexity index is 255. The number of anilines is 1. The minimum atomic E-state index is 0.455. The lowest BCUT2D eigenvalue weighted by molar-refractivity contribution is 1.05. The van der Waals surface area contributed by atoms with Crippen LogP contribution in [0.5, 0.6) is 0 Å². The smallest absolute Gasteiger partial charge is 0.247 e. The van der Waals surface area contributed by atoms with Crippen LogP contribution in [0.15, 0.2) is 19.0 Å². The lowest BCUT2D eigenvalue weighted by Crippen LogP contribution is -2.28. The fourth-order valence-corrected chi connectivity index (χ4v) is 0.754. The van der Waals surface area contributed by atoms with E-state index in [1.54, 1.807) is 6.08 Å². The Hall–Kier alpha value is -1.43. The fraction of sp³-hybridized carbons (Fsp3) is 0.167. The average Bonchev–Trinajstić information content (AvgIpc) is 2.53. The second kappa shape index (κ2) is 4.45. The van der Waals surface area contributed by atoms with E-state index in [-0.39, 0.29) is 0 Å². The van der Waals surface area contributed by atoms with Gasteiger partial charge in [0.05, 0.1) is 0 Å². The highest BCUT2D eigenvalue weighted by Crippen LogP contribution is 1.90. The number of thiocarbonyl (C=S) groups is 1. The van der Waals surface area contributed by atoms with Crippen molar-refractivity contribution >= 4 is 23.3 Å². The molecule has 0 aliphatic heterocycles. The molecule has 0 aliphatic carbocycles. The molecule has 0 atom stereocenters. The van der Waals surface area contributed by atoms with Crippen LogP contribution in [0.3, 0.4) is 0 Å². The number of aromatic amines is 1. The third-order valence-corrected chi connectivity index (χ3v) is 1.29. The van der Waals surface area contributed by atoms with Crippen molar-refractivity contribution in [2.24, 2.45) is 0 Å². The van der Waals surface area contributed by atoms with Gasteiger partial charge in [-0.25, -0.2) is 4.98 Å². The Morgan fingerprint density at radius 2 is 2.67 bits per heavy atom. The molecule has 12 heavy (non-hydrogen) atoms. The minimum absolute atomic E-state index is 0.455. The van der Waals surface area contributed by atoms with Gasteiger partial charge in [0.15, 0.2) is 5.11 Å². The summed E-state index contributed by atoms with van der Waals surface area (Å²) in [6.07, 6.45) is 3.18. The number of nitrogens with zero attached hydrogens (tertiary/aromatic N) is 2. The van der Waals surface area contributed by atoms with Crippen LogP contribution in [-0.2, 0) is 0 Å². The maximum Gasteiger partial charge on any atom is 0.247 e. The number of nitrogens with one attached hydrogen (secondary N) is 3. The van der Waals surface area contributed by atoms with E-state index in [4.69, 9.17) is 12.2 Å². The largest absolute Gasteiger partial charge is 0.359 e. The molecule has 0 aromatic carbocycles. The van der Waals surface area contributed by atoms with Gasteiger partial charge in [-0.2, -0.15) is 0 Å². The molecule has 0 spiro atoms. The average molecular weight is 183 g/mol. The van der Waals surface area contributed by atoms with Gasteiger partial charge in [0.1, 0.15) is 6.33 Å². The van der Waals surface area contributed by atoms with Crippen molar-refractivity contribution in [2.45, 2.75) is 0 Å². The highest BCUT2D eigenvalue weighted by Gasteiger charge is 1.97. The van der Waals surface area contributed by atoms with Gasteiger partial charge < -0.3 is 5.32 Å². The topological polar surface area (TPSA) is 65.6 Å². The standard InChI is InChI=1S/C6H9N5S/c1-2-3-7-6(12)10-5-8-4-9-11-5/h2,4H,1,3H2,(H3,7,8,9,10,11,12). The summed E-state index contributed by atoms with van der Waals surface area (Å²) >= 11 is 4.90. The summed E-state index contributed by atoms with van der Waals surface area (Å²) in [7, 11) is 0. The number of hydrogen-bond acceptors (Lipinski definition) is 3. The molecule has 1 aromatic heterocycles. The van der Waals surface area contributed by atoms with Crippen LogP contribution in [0.25, 0.3) is 0 Å². The zero-order valence-electron chi connectivity index (χ0n) is 6.37. The van der Waals surface area contributed by atoms with E-state index >= 15 is 0 Å². The van der Waals surface area contributed by atoms with E-state index in [1.807, 2.05) is 0 Å². The summed E-state index contributed by atoms with van der Waals surface area (Å²) in [5, 5.41) is 12.5. The minimum Gasteiger partial charge on any atom is -0.359 e. The van der Waals surface area contributed by atoms with E-state index in [0.29, 0.717) is 17.6 Å². The Morgan fingerprint density at radius 3 is 3.25 bits per heavy atom. The molecule has 0 aliphatic rings. The fourth-order valence-electron chi connectivity index (χ4n) is 0.580. The predicted octanol–water partition coefficient (Wildman–Crippen LogP) is 0.277. The van der Waals surface area contributed by atoms with E-state index in [9.17, 15) is 0 Å². The van der Waals surface area contributed by atoms with Gasteiger partial charge >= 0.3 is 0 Å². The molecule has 3 N–H and O–H groups in total. The van der Waals surface area contributed by atoms with Gasteiger partial charge in [-0.3, -0.25) is 10.4 Å². The molecule has 0 fully saturated rings. The Labute approximate surface area is 75.3 Å². The Morgan fingerprint density at radius 1 is 1.83 bits per heavy atom. The number of aromatic nitrogens is 3. The highest BCUT2D eigenvalue weighted by molar-refractivity contribution is 7.80. The molecule has 0 unspecified atom stereocenters. The summed E-state index contributed by atoms with van der Waals surface area (Å²) < 4.78 is 0. The van der Waals surface area contributed by atoms with Crippen LogP contribution >= 0.6 is 12.2 Å². The van der Waals surface area contributed by atoms with Crippen LogP contribution in [0.2, 0.25) is 0 Å². The lowest BCUT2D eigenvalue weighted by atomic mass is 10.6. The van der Waals surface area contributed by atoms with Gasteiger partial charge in [-0.05, 0) is 12.2 Å². The van der Waals surface area contributed by atoms with Gasteiger partial charge in [-0.15, -0.1) is 11.7 Å². The summed E-state index contributed by atoms with van der Waals surface area (Å²) in [5.41, 5.74) is 0. The molecule has 6 heteroatoms. The molecule has 0 saturated carbocycles. The molecule has 1 aromatic rings. The quantitative estimate of drug-likeness (QED) is 0.464. The van der Waals surface area contributed by atoms with E-state index < -0.39 is 0 Å². The predicted molar refractivity (Wildman–Crippen MR) is 50.8 cm³/mol. The van der Waals surface area contributed by atoms with Crippen molar-refractivity contribution in [2.75, 3.05) is 11.9 Å². The molecular weight excluding hydrogens is 174 g/mol. The van der Waals surface area contributed by atoms with Gasteiger partial charge in [0.25, 0.3) is 0 Å². The summed E-state index contributed by atoms with van der Waals surface area (Å²) in [6, 6.07) is 0. The van der Waals surface area contributed by atoms with Gasteiger partial charge in [0.2, 0.25) is 5.95 Å². The van der Waals surface area contributed by atoms with Gasteiger partial charge in [0, 0.05) is 6.54 Å². The van der Waals surface area contributed by atoms with Crippen molar-refractivity contribution < 1.29 is 0 Å². The van der Waals surface area contributed by atoms with E-state index in [1.165, 1.54) is 6.33 Å². The molecule has 0 radical (unpaired) electrons. The summed E-state index contributed by atoms with van der Waals surface area (Å²) in [5.74, 6) is 0.455. The zero-order chi connectivity index (χ0) is 8.81. The maximum absolute atomic E-state index is 4.90. The third-order valence-electron chi connectivity index (χ3n) is 1.05. The second-order valence-corrected chi connectivity index (χ2v) is 2.35. The van der Waals surface area contributed by atoms with Crippen molar-refractivity contribution in [3.05, 3.63) is 19.0 Å². The summed E-state index contributed by atoms with van der Waals surface area (Å²) in [4.78, 5) is 3.83. The van der Waals surface area contributed by atoms with Crippen LogP contribution in [0, 0.1) is 0 Å². The van der Waals surface area contributed by atoms with E-state index in [0.717, 1.165) is 0 Å². The first-order valence-corrected chi connectivity index (χ1v) is 3.75. The molecular formula is C6H9N5S. The molecule has 0 saturated heterocycles. The molecule has 64 valence electrons. The maximum atomic E-state index is 4.90. The van der Waals surface area contributed by atoms with Crippen LogP contribution in [-0.4, -0.2) is 26.8 Å². The molecule has 1 rings (SSSR count). The van der Waals surface area contributed by atoms with E-state index in [2.05, 4.69) is 32.4 Å². The van der Waals surface area contributed by atoms with Crippen LogP contribution < -0.4 is 10.6 Å². The third kappa shape index (κ3) is 2.67. The first-order valence-electron chi connectivity index (χ1n) is 3.34. The van der Waals surface area contributed by atoms with Crippen molar-refractivity contribution in [3.8, 4) is 0 Å². The van der Waals surface area contributed by atoms with Crippen molar-refractivity contribution in [3.63, 3.8) is 0 Å². The molecule has 0 bridgehead atoms. The molecule has 1 heterocycles. The number of rotatable bonds is 3. The molecule has 5 nitrogen and oxygen atoms in total. The zero-order valence-corrected chi connectivity index (χ0v) is 7.19. The number of hydrogen-bond donors (Lipinski definition) is 3. The SMILES string of the molecule is C=CCNC(=S)Nc1nc[nH]n1. The first-order chi connectivity index (χ1) is 5.83. The lowest BCUT2D eigenvalue weighted by Gasteiger charge is -2.03. The Balaban J connectivity index is 2.32. The number of H-pyrrole nitrogens is 1. The van der Waals surface area contributed by atoms with Gasteiger partial charge in [-0.1, -0.05) is 6.08 Å². The van der Waals surface area contributed by atoms with Crippen LogP contribution in [0.4, 0.5) is 5.95 Å². The highest BCUT2D eigenvalue weighted by atomic mass is 32.1. The molecule has 0 amide bonds. The second-order valence-electron chi connectivity index (χ2n) is 1.95.